The number of thioether (sulfide) groups is 1. The van der Waals surface area contributed by atoms with Gasteiger partial charge in [-0.2, -0.15) is 16.9 Å². The van der Waals surface area contributed by atoms with Gasteiger partial charge in [0.25, 0.3) is 5.91 Å². The molecule has 1 amide bonds. The minimum absolute atomic E-state index is 0.0621. The number of hydrogen-bond acceptors (Lipinski definition) is 3. The second-order valence-electron chi connectivity index (χ2n) is 4.39. The van der Waals surface area contributed by atoms with E-state index in [0.29, 0.717) is 5.69 Å². The van der Waals surface area contributed by atoms with Crippen molar-refractivity contribution in [2.24, 2.45) is 7.05 Å². The number of carbonyl (C=O) groups excluding carboxylic acids is 1. The molecule has 1 aliphatic heterocycles. The number of benzene rings is 1. The normalized spacial score (nSPS) is 16.2. The van der Waals surface area contributed by atoms with Gasteiger partial charge in [-0.25, -0.2) is 0 Å². The van der Waals surface area contributed by atoms with Crippen molar-refractivity contribution >= 4 is 28.6 Å². The lowest BCUT2D eigenvalue weighted by atomic mass is 10.2. The molecular formula is C13H15N3OS. The second-order valence-corrected chi connectivity index (χ2v) is 5.62. The zero-order chi connectivity index (χ0) is 12.5. The maximum absolute atomic E-state index is 12.5. The molecule has 0 N–H and O–H groups in total. The van der Waals surface area contributed by atoms with E-state index < -0.39 is 0 Å². The van der Waals surface area contributed by atoms with Gasteiger partial charge in [0.05, 0.1) is 5.52 Å². The second kappa shape index (κ2) is 4.65. The molecule has 0 bridgehead atoms. The van der Waals surface area contributed by atoms with Gasteiger partial charge < -0.3 is 4.90 Å². The third kappa shape index (κ3) is 1.88. The van der Waals surface area contributed by atoms with Crippen LogP contribution in [-0.4, -0.2) is 45.2 Å². The minimum Gasteiger partial charge on any atom is -0.336 e. The summed E-state index contributed by atoms with van der Waals surface area (Å²) < 4.78 is 1.78. The lowest BCUT2D eigenvalue weighted by molar-refractivity contribution is 0.0767. The third-order valence-corrected chi connectivity index (χ3v) is 4.20. The highest BCUT2D eigenvalue weighted by Crippen LogP contribution is 2.20. The molecule has 94 valence electrons. The lowest BCUT2D eigenvalue weighted by Crippen LogP contribution is -2.38. The highest BCUT2D eigenvalue weighted by atomic mass is 32.2. The fourth-order valence-electron chi connectivity index (χ4n) is 2.29. The van der Waals surface area contributed by atoms with Gasteiger partial charge in [-0.15, -0.1) is 0 Å². The fourth-order valence-corrected chi connectivity index (χ4v) is 3.19. The molecule has 2 heterocycles. The van der Waals surface area contributed by atoms with Crippen LogP contribution in [0.1, 0.15) is 10.5 Å². The van der Waals surface area contributed by atoms with Gasteiger partial charge in [-0.1, -0.05) is 18.2 Å². The molecule has 0 spiro atoms. The molecule has 1 fully saturated rings. The Kier molecular flexibility index (Phi) is 2.99. The highest BCUT2D eigenvalue weighted by molar-refractivity contribution is 7.99. The number of rotatable bonds is 1. The van der Waals surface area contributed by atoms with Crippen molar-refractivity contribution in [1.29, 1.82) is 0 Å². The van der Waals surface area contributed by atoms with Crippen LogP contribution in [0.15, 0.2) is 24.3 Å². The van der Waals surface area contributed by atoms with Crippen LogP contribution in [0.2, 0.25) is 0 Å². The first-order valence-corrected chi connectivity index (χ1v) is 7.21. The average molecular weight is 261 g/mol. The Morgan fingerprint density at radius 1 is 1.28 bits per heavy atom. The van der Waals surface area contributed by atoms with Gasteiger partial charge in [-0.3, -0.25) is 9.48 Å². The molecule has 3 rings (SSSR count). The molecule has 1 aliphatic rings. The Labute approximate surface area is 110 Å². The summed E-state index contributed by atoms with van der Waals surface area (Å²) in [5, 5.41) is 5.33. The first kappa shape index (κ1) is 11.6. The van der Waals surface area contributed by atoms with Crippen LogP contribution in [0.25, 0.3) is 10.9 Å². The van der Waals surface area contributed by atoms with Crippen LogP contribution in [0.4, 0.5) is 0 Å². The number of para-hydroxylation sites is 1. The van der Waals surface area contributed by atoms with Crippen molar-refractivity contribution in [3.05, 3.63) is 30.0 Å². The van der Waals surface area contributed by atoms with Crippen molar-refractivity contribution in [1.82, 2.24) is 14.7 Å². The Morgan fingerprint density at radius 2 is 2.00 bits per heavy atom. The zero-order valence-electron chi connectivity index (χ0n) is 10.3. The lowest BCUT2D eigenvalue weighted by Gasteiger charge is -2.25. The maximum Gasteiger partial charge on any atom is 0.275 e. The number of nitrogens with zero attached hydrogens (tertiary/aromatic N) is 3. The molecule has 0 saturated carbocycles. The Balaban J connectivity index is 2.00. The highest BCUT2D eigenvalue weighted by Gasteiger charge is 2.23. The Bertz CT molecular complexity index is 587. The quantitative estimate of drug-likeness (QED) is 0.785. The van der Waals surface area contributed by atoms with Gasteiger partial charge in [0.15, 0.2) is 5.69 Å². The molecular weight excluding hydrogens is 246 g/mol. The molecule has 0 radical (unpaired) electrons. The summed E-state index contributed by atoms with van der Waals surface area (Å²) >= 11 is 1.90. The smallest absolute Gasteiger partial charge is 0.275 e. The maximum atomic E-state index is 12.5. The predicted molar refractivity (Wildman–Crippen MR) is 73.9 cm³/mol. The molecule has 0 aliphatic carbocycles. The molecule has 1 saturated heterocycles. The van der Waals surface area contributed by atoms with Crippen LogP contribution < -0.4 is 0 Å². The van der Waals surface area contributed by atoms with E-state index in [9.17, 15) is 4.79 Å². The minimum atomic E-state index is 0.0621. The van der Waals surface area contributed by atoms with Crippen LogP contribution in [0, 0.1) is 0 Å². The molecule has 4 nitrogen and oxygen atoms in total. The van der Waals surface area contributed by atoms with Crippen LogP contribution in [0.3, 0.4) is 0 Å². The van der Waals surface area contributed by atoms with E-state index in [1.165, 1.54) is 0 Å². The third-order valence-electron chi connectivity index (χ3n) is 3.26. The van der Waals surface area contributed by atoms with Crippen LogP contribution in [0.5, 0.6) is 0 Å². The molecule has 18 heavy (non-hydrogen) atoms. The van der Waals surface area contributed by atoms with Crippen molar-refractivity contribution in [2.45, 2.75) is 0 Å². The molecule has 1 aromatic carbocycles. The number of fused-ring (bicyclic) bond motifs is 1. The monoisotopic (exact) mass is 261 g/mol. The number of carbonyl (C=O) groups is 1. The SMILES string of the molecule is Cn1nc(C(=O)N2CCSCC2)c2ccccc21. The molecule has 1 aromatic heterocycles. The summed E-state index contributed by atoms with van der Waals surface area (Å²) in [5.74, 6) is 2.11. The first-order valence-electron chi connectivity index (χ1n) is 6.06. The van der Waals surface area contributed by atoms with Crippen LogP contribution in [-0.2, 0) is 7.05 Å². The summed E-state index contributed by atoms with van der Waals surface area (Å²) in [6.45, 7) is 1.66. The summed E-state index contributed by atoms with van der Waals surface area (Å²) in [7, 11) is 1.88. The van der Waals surface area contributed by atoms with E-state index in [0.717, 1.165) is 35.5 Å². The van der Waals surface area contributed by atoms with E-state index in [-0.39, 0.29) is 5.91 Å². The summed E-state index contributed by atoms with van der Waals surface area (Å²) in [6.07, 6.45) is 0. The van der Waals surface area contributed by atoms with E-state index in [4.69, 9.17) is 0 Å². The number of hydrogen-bond donors (Lipinski definition) is 0. The zero-order valence-corrected chi connectivity index (χ0v) is 11.1. The molecule has 0 unspecified atom stereocenters. The molecule has 2 aromatic rings. The topological polar surface area (TPSA) is 38.1 Å². The van der Waals surface area contributed by atoms with Gasteiger partial charge >= 0.3 is 0 Å². The van der Waals surface area contributed by atoms with E-state index in [1.54, 1.807) is 4.68 Å². The number of aromatic nitrogens is 2. The van der Waals surface area contributed by atoms with Gasteiger partial charge in [0.2, 0.25) is 0 Å². The van der Waals surface area contributed by atoms with Crippen molar-refractivity contribution in [2.75, 3.05) is 24.6 Å². The Morgan fingerprint density at radius 3 is 2.78 bits per heavy atom. The summed E-state index contributed by atoms with van der Waals surface area (Å²) in [4.78, 5) is 14.4. The van der Waals surface area contributed by atoms with Crippen molar-refractivity contribution < 1.29 is 4.79 Å². The summed E-state index contributed by atoms with van der Waals surface area (Å²) in [5.41, 5.74) is 1.59. The van der Waals surface area contributed by atoms with Crippen molar-refractivity contribution in [3.63, 3.8) is 0 Å². The van der Waals surface area contributed by atoms with Crippen molar-refractivity contribution in [3.8, 4) is 0 Å². The molecule has 0 atom stereocenters. The molecule has 5 heteroatoms. The number of amides is 1. The average Bonchev–Trinajstić information content (AvgIpc) is 2.77. The standard InChI is InChI=1S/C13H15N3OS/c1-15-11-5-3-2-4-10(11)12(14-15)13(17)16-6-8-18-9-7-16/h2-5H,6-9H2,1H3. The van der Waals surface area contributed by atoms with E-state index >= 15 is 0 Å². The predicted octanol–water partition coefficient (Wildman–Crippen LogP) is 1.76. The number of aryl methyl sites for hydroxylation is 1. The van der Waals surface area contributed by atoms with Gasteiger partial charge in [0.1, 0.15) is 0 Å². The van der Waals surface area contributed by atoms with Gasteiger partial charge in [0, 0.05) is 37.0 Å². The largest absolute Gasteiger partial charge is 0.336 e. The summed E-state index contributed by atoms with van der Waals surface area (Å²) in [6, 6.07) is 7.88. The van der Waals surface area contributed by atoms with Gasteiger partial charge in [-0.05, 0) is 6.07 Å². The first-order chi connectivity index (χ1) is 8.77. The fraction of sp³-hybridized carbons (Fsp3) is 0.385. The van der Waals surface area contributed by atoms with E-state index in [2.05, 4.69) is 5.10 Å². The Hall–Kier alpha value is -1.49. The van der Waals surface area contributed by atoms with E-state index in [1.807, 2.05) is 48.0 Å². The van der Waals surface area contributed by atoms with Crippen LogP contribution >= 0.6 is 11.8 Å².